The van der Waals surface area contributed by atoms with Gasteiger partial charge >= 0.3 is 0 Å². The zero-order valence-electron chi connectivity index (χ0n) is 34.0. The largest absolute Gasteiger partial charge is 0.309 e. The van der Waals surface area contributed by atoms with Crippen LogP contribution in [0.1, 0.15) is 0 Å². The molecule has 0 bridgehead atoms. The zero-order valence-corrected chi connectivity index (χ0v) is 34.0. The minimum Gasteiger partial charge on any atom is -0.309 e. The monoisotopic (exact) mass is 804 g/mol. The first-order valence-corrected chi connectivity index (χ1v) is 21.3. The van der Waals surface area contributed by atoms with Gasteiger partial charge in [-0.3, -0.25) is 4.57 Å². The molecule has 13 aromatic rings. The van der Waals surface area contributed by atoms with Gasteiger partial charge in [-0.15, -0.1) is 0 Å². The summed E-state index contributed by atoms with van der Waals surface area (Å²) in [6.07, 6.45) is 3.55. The van der Waals surface area contributed by atoms with E-state index in [1.54, 1.807) is 6.33 Å². The van der Waals surface area contributed by atoms with Gasteiger partial charge in [-0.25, -0.2) is 15.0 Å². The van der Waals surface area contributed by atoms with E-state index >= 15 is 0 Å². The standard InChI is InChI=1S/C57H36N6/c1-4-14-37(15-5-1)41-31-49(38-16-6-2-7-17-38)60-56(33-41)63-51-23-13-10-20-44(51)46-27-24-40(32-54(46)63)39-25-28-52-47(30-39)45-21-11-12-22-50(45)62(52)43-26-29-53-48(34-43)57-55(35-58-36-59-57)61(53)42-18-8-3-9-19-42/h1-36H. The molecule has 13 rings (SSSR count). The first-order chi connectivity index (χ1) is 31.2. The summed E-state index contributed by atoms with van der Waals surface area (Å²) >= 11 is 0. The van der Waals surface area contributed by atoms with Crippen molar-refractivity contribution >= 4 is 65.5 Å². The smallest absolute Gasteiger partial charge is 0.138 e. The maximum atomic E-state index is 5.39. The Morgan fingerprint density at radius 2 is 0.905 bits per heavy atom. The van der Waals surface area contributed by atoms with Crippen LogP contribution in [0.25, 0.3) is 116 Å². The quantitative estimate of drug-likeness (QED) is 0.168. The summed E-state index contributed by atoms with van der Waals surface area (Å²) in [6.45, 7) is 0. The van der Waals surface area contributed by atoms with Crippen molar-refractivity contribution in [3.8, 4) is 50.7 Å². The Balaban J connectivity index is 0.990. The molecule has 0 saturated heterocycles. The van der Waals surface area contributed by atoms with Gasteiger partial charge in [0.1, 0.15) is 12.1 Å². The maximum Gasteiger partial charge on any atom is 0.138 e. The third kappa shape index (κ3) is 5.55. The predicted octanol–water partition coefficient (Wildman–Crippen LogP) is 14.2. The van der Waals surface area contributed by atoms with Crippen LogP contribution in [0.15, 0.2) is 219 Å². The van der Waals surface area contributed by atoms with Gasteiger partial charge in [-0.05, 0) is 95.1 Å². The number of aromatic nitrogens is 6. The lowest BCUT2D eigenvalue weighted by Gasteiger charge is -2.13. The highest BCUT2D eigenvalue weighted by Crippen LogP contribution is 2.40. The van der Waals surface area contributed by atoms with Crippen LogP contribution in [-0.4, -0.2) is 28.7 Å². The number of hydrogen-bond donors (Lipinski definition) is 0. The van der Waals surface area contributed by atoms with Crippen LogP contribution in [0.2, 0.25) is 0 Å². The Labute approximate surface area is 362 Å². The van der Waals surface area contributed by atoms with E-state index < -0.39 is 0 Å². The van der Waals surface area contributed by atoms with Gasteiger partial charge in [-0.1, -0.05) is 133 Å². The van der Waals surface area contributed by atoms with Gasteiger partial charge in [0.15, 0.2) is 0 Å². The van der Waals surface area contributed by atoms with Gasteiger partial charge in [-0.2, -0.15) is 0 Å². The molecule has 0 saturated carbocycles. The van der Waals surface area contributed by atoms with E-state index in [0.29, 0.717) is 0 Å². The molecular weight excluding hydrogens is 769 g/mol. The number of pyridine rings is 1. The summed E-state index contributed by atoms with van der Waals surface area (Å²) in [6, 6.07) is 73.8. The summed E-state index contributed by atoms with van der Waals surface area (Å²) in [5, 5.41) is 5.87. The number of benzene rings is 8. The molecule has 0 aliphatic carbocycles. The second-order valence-electron chi connectivity index (χ2n) is 16.1. The van der Waals surface area contributed by atoms with E-state index in [-0.39, 0.29) is 0 Å². The van der Waals surface area contributed by atoms with Gasteiger partial charge in [0.05, 0.1) is 50.5 Å². The molecular formula is C57H36N6. The fraction of sp³-hybridized carbons (Fsp3) is 0. The molecule has 0 atom stereocenters. The molecule has 8 aromatic carbocycles. The van der Waals surface area contributed by atoms with Crippen LogP contribution in [-0.2, 0) is 0 Å². The predicted molar refractivity (Wildman–Crippen MR) is 259 cm³/mol. The molecule has 0 aliphatic rings. The minimum atomic E-state index is 0.882. The first kappa shape index (κ1) is 35.2. The minimum absolute atomic E-state index is 0.882. The summed E-state index contributed by atoms with van der Waals surface area (Å²) < 4.78 is 6.98. The van der Waals surface area contributed by atoms with Crippen LogP contribution in [0.4, 0.5) is 0 Å². The van der Waals surface area contributed by atoms with Gasteiger partial charge in [0.2, 0.25) is 0 Å². The topological polar surface area (TPSA) is 53.5 Å². The van der Waals surface area contributed by atoms with Crippen molar-refractivity contribution in [2.45, 2.75) is 0 Å². The number of hydrogen-bond acceptors (Lipinski definition) is 3. The third-order valence-electron chi connectivity index (χ3n) is 12.6. The molecule has 294 valence electrons. The van der Waals surface area contributed by atoms with E-state index in [9.17, 15) is 0 Å². The molecule has 6 nitrogen and oxygen atoms in total. The van der Waals surface area contributed by atoms with Crippen molar-refractivity contribution in [1.29, 1.82) is 0 Å². The summed E-state index contributed by atoms with van der Waals surface area (Å²) in [7, 11) is 0. The fourth-order valence-electron chi connectivity index (χ4n) is 9.74. The highest BCUT2D eigenvalue weighted by molar-refractivity contribution is 6.13. The molecule has 0 N–H and O–H groups in total. The van der Waals surface area contributed by atoms with E-state index in [0.717, 1.165) is 94.7 Å². The van der Waals surface area contributed by atoms with Crippen molar-refractivity contribution in [2.24, 2.45) is 0 Å². The average molecular weight is 805 g/mol. The Kier molecular flexibility index (Phi) is 7.80. The number of rotatable bonds is 6. The zero-order chi connectivity index (χ0) is 41.4. The maximum absolute atomic E-state index is 5.39. The average Bonchev–Trinajstić information content (AvgIpc) is 3.99. The molecule has 6 heteroatoms. The van der Waals surface area contributed by atoms with E-state index in [4.69, 9.17) is 9.97 Å². The molecule has 63 heavy (non-hydrogen) atoms. The Bertz CT molecular complexity index is 3840. The SMILES string of the molecule is c1ccc(-c2cc(-c3ccccc3)nc(-n3c4ccccc4c4ccc(-c5ccc6c(c5)c5ccccc5n6-c5ccc6c(c5)c5ncncc5n6-c5ccccc5)cc43)c2)cc1. The van der Waals surface area contributed by atoms with Crippen molar-refractivity contribution in [2.75, 3.05) is 0 Å². The summed E-state index contributed by atoms with van der Waals surface area (Å²) in [4.78, 5) is 14.6. The van der Waals surface area contributed by atoms with E-state index in [1.807, 2.05) is 12.3 Å². The van der Waals surface area contributed by atoms with E-state index in [2.05, 4.69) is 219 Å². The van der Waals surface area contributed by atoms with Crippen molar-refractivity contribution in [1.82, 2.24) is 28.7 Å². The molecule has 0 aliphatic heterocycles. The number of nitrogens with zero attached hydrogens (tertiary/aromatic N) is 6. The summed E-state index contributed by atoms with van der Waals surface area (Å²) in [5.74, 6) is 0.882. The first-order valence-electron chi connectivity index (χ1n) is 21.3. The molecule has 0 spiro atoms. The lowest BCUT2D eigenvalue weighted by Crippen LogP contribution is -2.00. The van der Waals surface area contributed by atoms with Crippen LogP contribution in [0.3, 0.4) is 0 Å². The van der Waals surface area contributed by atoms with Crippen molar-refractivity contribution in [3.05, 3.63) is 219 Å². The van der Waals surface area contributed by atoms with Crippen molar-refractivity contribution < 1.29 is 0 Å². The van der Waals surface area contributed by atoms with Gasteiger partial charge < -0.3 is 9.13 Å². The van der Waals surface area contributed by atoms with Crippen LogP contribution in [0.5, 0.6) is 0 Å². The lowest BCUT2D eigenvalue weighted by molar-refractivity contribution is 1.08. The third-order valence-corrected chi connectivity index (χ3v) is 12.6. The Hall–Kier alpha value is -8.61. The highest BCUT2D eigenvalue weighted by Gasteiger charge is 2.20. The molecule has 5 heterocycles. The highest BCUT2D eigenvalue weighted by atomic mass is 15.1. The van der Waals surface area contributed by atoms with Crippen LogP contribution < -0.4 is 0 Å². The van der Waals surface area contributed by atoms with Crippen molar-refractivity contribution in [3.63, 3.8) is 0 Å². The van der Waals surface area contributed by atoms with Gasteiger partial charge in [0.25, 0.3) is 0 Å². The lowest BCUT2D eigenvalue weighted by atomic mass is 10.0. The normalized spacial score (nSPS) is 11.8. The Morgan fingerprint density at radius 1 is 0.317 bits per heavy atom. The van der Waals surface area contributed by atoms with Gasteiger partial charge in [0, 0.05) is 43.9 Å². The molecule has 0 radical (unpaired) electrons. The second kappa shape index (κ2) is 14.0. The molecule has 0 amide bonds. The van der Waals surface area contributed by atoms with E-state index in [1.165, 1.54) is 21.5 Å². The van der Waals surface area contributed by atoms with Crippen LogP contribution in [0, 0.1) is 0 Å². The number of para-hydroxylation sites is 3. The number of fused-ring (bicyclic) bond motifs is 9. The molecule has 5 aromatic heterocycles. The Morgan fingerprint density at radius 3 is 1.70 bits per heavy atom. The summed E-state index contributed by atoms with van der Waals surface area (Å²) in [5.41, 5.74) is 16.3. The van der Waals surface area contributed by atoms with Crippen LogP contribution >= 0.6 is 0 Å². The second-order valence-corrected chi connectivity index (χ2v) is 16.1. The molecule has 0 fully saturated rings. The molecule has 0 unspecified atom stereocenters. The fourth-order valence-corrected chi connectivity index (χ4v) is 9.74.